The van der Waals surface area contributed by atoms with E-state index in [-0.39, 0.29) is 0 Å². The van der Waals surface area contributed by atoms with Crippen LogP contribution in [0.5, 0.6) is 0 Å². The van der Waals surface area contributed by atoms with E-state index < -0.39 is 0 Å². The van der Waals surface area contributed by atoms with Crippen LogP contribution in [0.2, 0.25) is 0 Å². The molecule has 330 valence electrons. The highest BCUT2D eigenvalue weighted by molar-refractivity contribution is 6.13. The predicted molar refractivity (Wildman–Crippen MR) is 291 cm³/mol. The zero-order chi connectivity index (χ0) is 47.6. The Bertz CT molecular complexity index is 4000. The van der Waals surface area contributed by atoms with Gasteiger partial charge in [0.25, 0.3) is 0 Å². The van der Waals surface area contributed by atoms with E-state index >= 15 is 0 Å². The Morgan fingerprint density at radius 1 is 0.300 bits per heavy atom. The Morgan fingerprint density at radius 3 is 1.01 bits per heavy atom. The van der Waals surface area contributed by atoms with E-state index in [4.69, 9.17) is 0 Å². The van der Waals surface area contributed by atoms with Crippen molar-refractivity contribution in [1.82, 2.24) is 9.13 Å². The molecule has 4 nitrogen and oxygen atoms in total. The molecule has 0 aliphatic rings. The van der Waals surface area contributed by atoms with Crippen LogP contribution in [0, 0.1) is 50.4 Å². The summed E-state index contributed by atoms with van der Waals surface area (Å²) in [4.78, 5) is 0. The van der Waals surface area contributed by atoms with Crippen molar-refractivity contribution < 1.29 is 0 Å². The third-order valence-corrected chi connectivity index (χ3v) is 14.4. The number of nitriles is 2. The molecule has 0 aliphatic heterocycles. The van der Waals surface area contributed by atoms with Gasteiger partial charge in [0.2, 0.25) is 0 Å². The fourth-order valence-corrected chi connectivity index (χ4v) is 10.8. The number of hydrogen-bond donors (Lipinski definition) is 0. The third-order valence-electron chi connectivity index (χ3n) is 14.4. The second-order valence-corrected chi connectivity index (χ2v) is 18.5. The van der Waals surface area contributed by atoms with Crippen LogP contribution in [0.25, 0.3) is 111 Å². The number of benzene rings is 10. The van der Waals surface area contributed by atoms with Gasteiger partial charge in [-0.2, -0.15) is 10.5 Å². The maximum atomic E-state index is 11.6. The van der Waals surface area contributed by atoms with Gasteiger partial charge in [0.15, 0.2) is 0 Å². The van der Waals surface area contributed by atoms with Crippen molar-refractivity contribution in [3.05, 3.63) is 240 Å². The highest BCUT2D eigenvalue weighted by Gasteiger charge is 2.24. The monoisotopic (exact) mass is 894 g/mol. The molecule has 12 aromatic rings. The summed E-state index contributed by atoms with van der Waals surface area (Å²) in [6.45, 7) is 8.62. The fraction of sp³-hybridized carbons (Fsp3) is 0.0606. The van der Waals surface area contributed by atoms with Gasteiger partial charge in [-0.25, -0.2) is 0 Å². The normalized spacial score (nSPS) is 11.4. The summed E-state index contributed by atoms with van der Waals surface area (Å²) in [6.07, 6.45) is 0. The lowest BCUT2D eigenvalue weighted by molar-refractivity contribution is 1.14. The minimum absolute atomic E-state index is 0.525. The van der Waals surface area contributed by atoms with Gasteiger partial charge in [0.1, 0.15) is 6.07 Å². The molecular formula is C66H46N4. The second-order valence-electron chi connectivity index (χ2n) is 18.5. The first-order valence-electron chi connectivity index (χ1n) is 23.8. The standard InChI is InChI=1S/C66H46N4/c1-41-14-5-9-20-52(41)47-24-28-56-57-29-25-48(53-21-10-6-15-42(53)2)34-63(57)69(62(56)33-47)61-38-60(46-19-13-18-45(32-46)39-67)66(37-51(61)40-68)70-64-35-49(54-22-11-7-16-43(54)3)26-30-58(64)59-31-27-50(36-65(59)70)55-23-12-8-17-44(55)4/h5-38H,1-4H3. The topological polar surface area (TPSA) is 57.4 Å². The Hall–Kier alpha value is -9.22. The zero-order valence-electron chi connectivity index (χ0n) is 39.4. The van der Waals surface area contributed by atoms with Gasteiger partial charge in [0.05, 0.1) is 50.6 Å². The average Bonchev–Trinajstić information content (AvgIpc) is 3.89. The molecule has 4 heteroatoms. The highest BCUT2D eigenvalue weighted by Crippen LogP contribution is 2.44. The van der Waals surface area contributed by atoms with E-state index in [1.54, 1.807) is 0 Å². The van der Waals surface area contributed by atoms with E-state index in [1.807, 2.05) is 18.2 Å². The first-order chi connectivity index (χ1) is 34.3. The minimum atomic E-state index is 0.525. The van der Waals surface area contributed by atoms with Gasteiger partial charge >= 0.3 is 0 Å². The third kappa shape index (κ3) is 6.89. The van der Waals surface area contributed by atoms with Crippen LogP contribution in [0.4, 0.5) is 0 Å². The number of nitrogens with zero attached hydrogens (tertiary/aromatic N) is 4. The molecule has 0 unspecified atom stereocenters. The van der Waals surface area contributed by atoms with Gasteiger partial charge in [-0.15, -0.1) is 0 Å². The Morgan fingerprint density at radius 2 is 0.657 bits per heavy atom. The van der Waals surface area contributed by atoms with Crippen molar-refractivity contribution in [1.29, 1.82) is 10.5 Å². The van der Waals surface area contributed by atoms with E-state index in [0.717, 1.165) is 99.5 Å². The summed E-state index contributed by atoms with van der Waals surface area (Å²) >= 11 is 0. The molecule has 12 rings (SSSR count). The summed E-state index contributed by atoms with van der Waals surface area (Å²) in [7, 11) is 0. The van der Waals surface area contributed by atoms with Gasteiger partial charge in [-0.1, -0.05) is 158 Å². The molecule has 0 atom stereocenters. The Balaban J connectivity index is 1.22. The lowest BCUT2D eigenvalue weighted by Crippen LogP contribution is -2.04. The second kappa shape index (κ2) is 16.8. The molecule has 0 aliphatic carbocycles. The SMILES string of the molecule is Cc1ccccc1-c1ccc2c3ccc(-c4ccccc4C)cc3n(-c3cc(-c4cccc(C#N)c4)c(-n4c5cc(-c6ccccc6C)ccc5c5ccc(-c6ccccc6C)cc54)cc3C#N)c2c1. The first kappa shape index (κ1) is 42.2. The number of fused-ring (bicyclic) bond motifs is 6. The lowest BCUT2D eigenvalue weighted by Gasteiger charge is -2.20. The molecule has 10 aromatic carbocycles. The maximum absolute atomic E-state index is 11.6. The van der Waals surface area contributed by atoms with E-state index in [1.165, 1.54) is 33.4 Å². The van der Waals surface area contributed by atoms with Crippen molar-refractivity contribution in [2.24, 2.45) is 0 Å². The summed E-state index contributed by atoms with van der Waals surface area (Å²) in [6, 6.07) is 78.3. The van der Waals surface area contributed by atoms with Gasteiger partial charge in [0, 0.05) is 27.1 Å². The van der Waals surface area contributed by atoms with Crippen LogP contribution < -0.4 is 0 Å². The predicted octanol–water partition coefficient (Wildman–Crippen LogP) is 17.2. The van der Waals surface area contributed by atoms with E-state index in [0.29, 0.717) is 11.1 Å². The van der Waals surface area contributed by atoms with Crippen LogP contribution in [-0.2, 0) is 0 Å². The summed E-state index contributed by atoms with van der Waals surface area (Å²) in [5.74, 6) is 0. The molecule has 0 fully saturated rings. The molecule has 0 N–H and O–H groups in total. The maximum Gasteiger partial charge on any atom is 0.101 e. The largest absolute Gasteiger partial charge is 0.309 e. The van der Waals surface area contributed by atoms with E-state index in [2.05, 4.69) is 237 Å². The van der Waals surface area contributed by atoms with Gasteiger partial charge in [-0.05, 0) is 149 Å². The minimum Gasteiger partial charge on any atom is -0.309 e. The summed E-state index contributed by atoms with van der Waals surface area (Å²) < 4.78 is 4.65. The number of hydrogen-bond acceptors (Lipinski definition) is 2. The molecule has 70 heavy (non-hydrogen) atoms. The van der Waals surface area contributed by atoms with Crippen LogP contribution in [0.15, 0.2) is 206 Å². The molecule has 0 spiro atoms. The van der Waals surface area contributed by atoms with Crippen molar-refractivity contribution in [2.45, 2.75) is 27.7 Å². The fourth-order valence-electron chi connectivity index (χ4n) is 10.8. The van der Waals surface area contributed by atoms with Crippen molar-refractivity contribution in [3.8, 4) is 79.1 Å². The smallest absolute Gasteiger partial charge is 0.101 e. The molecule has 2 heterocycles. The number of aryl methyl sites for hydroxylation is 4. The average molecular weight is 895 g/mol. The van der Waals surface area contributed by atoms with Crippen molar-refractivity contribution in [2.75, 3.05) is 0 Å². The van der Waals surface area contributed by atoms with Crippen molar-refractivity contribution in [3.63, 3.8) is 0 Å². The first-order valence-corrected chi connectivity index (χ1v) is 23.8. The Kier molecular flexibility index (Phi) is 10.1. The highest BCUT2D eigenvalue weighted by atomic mass is 15.0. The van der Waals surface area contributed by atoms with Crippen LogP contribution in [0.1, 0.15) is 33.4 Å². The lowest BCUT2D eigenvalue weighted by atomic mass is 9.97. The summed E-state index contributed by atoms with van der Waals surface area (Å²) in [5.41, 5.74) is 22.4. The van der Waals surface area contributed by atoms with Gasteiger partial charge < -0.3 is 9.13 Å². The quantitative estimate of drug-likeness (QED) is 0.160. The van der Waals surface area contributed by atoms with Crippen molar-refractivity contribution >= 4 is 43.6 Å². The van der Waals surface area contributed by atoms with E-state index in [9.17, 15) is 10.5 Å². The number of aromatic nitrogens is 2. The molecule has 0 radical (unpaired) electrons. The summed E-state index contributed by atoms with van der Waals surface area (Å²) in [5, 5.41) is 26.4. The molecular weight excluding hydrogens is 849 g/mol. The molecule has 0 saturated heterocycles. The van der Waals surface area contributed by atoms with Gasteiger partial charge in [-0.3, -0.25) is 0 Å². The zero-order valence-corrected chi connectivity index (χ0v) is 39.4. The molecule has 0 bridgehead atoms. The van der Waals surface area contributed by atoms with Crippen LogP contribution in [0.3, 0.4) is 0 Å². The Labute approximate surface area is 407 Å². The molecule has 0 amide bonds. The number of rotatable bonds is 7. The van der Waals surface area contributed by atoms with Crippen LogP contribution >= 0.6 is 0 Å². The van der Waals surface area contributed by atoms with Crippen LogP contribution in [-0.4, -0.2) is 9.13 Å². The molecule has 2 aromatic heterocycles. The molecule has 0 saturated carbocycles.